The maximum absolute atomic E-state index is 11.5. The standard InChI is InChI=1S/C14H15N3O4/c1-7-11(13(18)19)17(10-5-3-4-9(15)6-10)12(14(20)21)8(2)16-7/h3-6,11H,15H2,1-2H3,(H,18,19)(H,20,21). The zero-order valence-electron chi connectivity index (χ0n) is 11.6. The van der Waals surface area contributed by atoms with Crippen molar-refractivity contribution in [2.75, 3.05) is 10.6 Å². The Balaban J connectivity index is 2.68. The fraction of sp³-hybridized carbons (Fsp3) is 0.214. The average Bonchev–Trinajstić information content (AvgIpc) is 2.36. The molecule has 0 saturated carbocycles. The van der Waals surface area contributed by atoms with Crippen LogP contribution in [-0.4, -0.2) is 33.9 Å². The van der Waals surface area contributed by atoms with Crippen LogP contribution in [0, 0.1) is 0 Å². The van der Waals surface area contributed by atoms with Crippen LogP contribution in [0.3, 0.4) is 0 Å². The number of carbonyl (C=O) groups is 2. The average molecular weight is 289 g/mol. The first-order valence-electron chi connectivity index (χ1n) is 6.20. The van der Waals surface area contributed by atoms with E-state index in [1.807, 2.05) is 0 Å². The van der Waals surface area contributed by atoms with Crippen LogP contribution < -0.4 is 10.6 Å². The van der Waals surface area contributed by atoms with E-state index >= 15 is 0 Å². The Labute approximate surface area is 121 Å². The van der Waals surface area contributed by atoms with E-state index in [2.05, 4.69) is 4.99 Å². The Morgan fingerprint density at radius 1 is 1.29 bits per heavy atom. The second-order valence-electron chi connectivity index (χ2n) is 4.70. The summed E-state index contributed by atoms with van der Waals surface area (Å²) in [5.41, 5.74) is 6.92. The minimum Gasteiger partial charge on any atom is -0.479 e. The molecule has 0 aromatic heterocycles. The molecule has 4 N–H and O–H groups in total. The molecule has 0 spiro atoms. The van der Waals surface area contributed by atoms with Gasteiger partial charge in [-0.1, -0.05) is 6.07 Å². The van der Waals surface area contributed by atoms with Crippen LogP contribution in [0.1, 0.15) is 13.8 Å². The molecule has 1 heterocycles. The first-order valence-corrected chi connectivity index (χ1v) is 6.20. The summed E-state index contributed by atoms with van der Waals surface area (Å²) >= 11 is 0. The molecular weight excluding hydrogens is 274 g/mol. The molecule has 0 fully saturated rings. The number of carboxylic acid groups (broad SMARTS) is 2. The monoisotopic (exact) mass is 289 g/mol. The largest absolute Gasteiger partial charge is 0.479 e. The van der Waals surface area contributed by atoms with Gasteiger partial charge in [-0.05, 0) is 32.0 Å². The molecule has 21 heavy (non-hydrogen) atoms. The highest BCUT2D eigenvalue weighted by molar-refractivity contribution is 6.12. The van der Waals surface area contributed by atoms with Crippen molar-refractivity contribution in [1.29, 1.82) is 0 Å². The van der Waals surface area contributed by atoms with Gasteiger partial charge in [0.1, 0.15) is 5.70 Å². The van der Waals surface area contributed by atoms with Crippen molar-refractivity contribution in [3.8, 4) is 0 Å². The number of carboxylic acids is 2. The van der Waals surface area contributed by atoms with Gasteiger partial charge in [0.25, 0.3) is 0 Å². The quantitative estimate of drug-likeness (QED) is 0.722. The minimum absolute atomic E-state index is 0.168. The van der Waals surface area contributed by atoms with Crippen molar-refractivity contribution in [2.24, 2.45) is 4.99 Å². The van der Waals surface area contributed by atoms with Crippen molar-refractivity contribution in [1.82, 2.24) is 0 Å². The number of aliphatic imine (C=N–C) groups is 1. The molecule has 0 amide bonds. The van der Waals surface area contributed by atoms with Crippen LogP contribution in [0.5, 0.6) is 0 Å². The van der Waals surface area contributed by atoms with Gasteiger partial charge in [0.05, 0.1) is 5.70 Å². The van der Waals surface area contributed by atoms with Gasteiger partial charge in [0, 0.05) is 17.1 Å². The number of nitrogen functional groups attached to an aromatic ring is 1. The van der Waals surface area contributed by atoms with Gasteiger partial charge < -0.3 is 20.8 Å². The van der Waals surface area contributed by atoms with Crippen LogP contribution in [0.2, 0.25) is 0 Å². The second kappa shape index (κ2) is 5.28. The normalized spacial score (nSPS) is 18.5. The molecule has 1 unspecified atom stereocenters. The molecular formula is C14H15N3O4. The third kappa shape index (κ3) is 2.58. The Morgan fingerprint density at radius 2 is 1.95 bits per heavy atom. The number of nitrogens with two attached hydrogens (primary N) is 1. The van der Waals surface area contributed by atoms with E-state index < -0.39 is 18.0 Å². The van der Waals surface area contributed by atoms with Crippen LogP contribution >= 0.6 is 0 Å². The highest BCUT2D eigenvalue weighted by Crippen LogP contribution is 2.30. The Bertz CT molecular complexity index is 679. The summed E-state index contributed by atoms with van der Waals surface area (Å²) in [6.07, 6.45) is 0. The number of aliphatic carboxylic acids is 2. The number of anilines is 2. The molecule has 7 nitrogen and oxygen atoms in total. The lowest BCUT2D eigenvalue weighted by Gasteiger charge is -2.34. The lowest BCUT2D eigenvalue weighted by Crippen LogP contribution is -2.49. The predicted octanol–water partition coefficient (Wildman–Crippen LogP) is 1.32. The summed E-state index contributed by atoms with van der Waals surface area (Å²) < 4.78 is 0. The summed E-state index contributed by atoms with van der Waals surface area (Å²) in [6.45, 7) is 3.09. The number of hydrogen-bond donors (Lipinski definition) is 3. The van der Waals surface area contributed by atoms with Gasteiger partial charge in [0.2, 0.25) is 0 Å². The van der Waals surface area contributed by atoms with E-state index in [9.17, 15) is 19.8 Å². The van der Waals surface area contributed by atoms with Crippen molar-refractivity contribution >= 4 is 29.0 Å². The fourth-order valence-electron chi connectivity index (χ4n) is 2.37. The van der Waals surface area contributed by atoms with Gasteiger partial charge in [-0.25, -0.2) is 9.59 Å². The third-order valence-electron chi connectivity index (χ3n) is 3.17. The first-order chi connectivity index (χ1) is 9.82. The Morgan fingerprint density at radius 3 is 2.48 bits per heavy atom. The van der Waals surface area contributed by atoms with Crippen molar-refractivity contribution in [2.45, 2.75) is 19.9 Å². The van der Waals surface area contributed by atoms with Crippen LogP contribution in [0.25, 0.3) is 0 Å². The Kier molecular flexibility index (Phi) is 3.66. The smallest absolute Gasteiger partial charge is 0.354 e. The van der Waals surface area contributed by atoms with E-state index in [0.29, 0.717) is 17.1 Å². The second-order valence-corrected chi connectivity index (χ2v) is 4.70. The molecule has 1 aromatic carbocycles. The van der Waals surface area contributed by atoms with Crippen LogP contribution in [0.15, 0.2) is 40.7 Å². The highest BCUT2D eigenvalue weighted by atomic mass is 16.4. The molecule has 1 aliphatic heterocycles. The summed E-state index contributed by atoms with van der Waals surface area (Å²) in [5, 5.41) is 18.8. The van der Waals surface area contributed by atoms with Crippen LogP contribution in [0.4, 0.5) is 11.4 Å². The lowest BCUT2D eigenvalue weighted by atomic mass is 10.0. The number of rotatable bonds is 3. The maximum atomic E-state index is 11.5. The zero-order valence-corrected chi connectivity index (χ0v) is 11.6. The summed E-state index contributed by atoms with van der Waals surface area (Å²) in [5.74, 6) is -2.41. The van der Waals surface area contributed by atoms with Gasteiger partial charge in [-0.2, -0.15) is 0 Å². The van der Waals surface area contributed by atoms with Crippen molar-refractivity contribution in [3.63, 3.8) is 0 Å². The lowest BCUT2D eigenvalue weighted by molar-refractivity contribution is -0.137. The fourth-order valence-corrected chi connectivity index (χ4v) is 2.37. The highest BCUT2D eigenvalue weighted by Gasteiger charge is 2.38. The molecule has 110 valence electrons. The zero-order chi connectivity index (χ0) is 15.7. The van der Waals surface area contributed by atoms with E-state index in [1.165, 1.54) is 17.9 Å². The molecule has 0 bridgehead atoms. The van der Waals surface area contributed by atoms with Gasteiger partial charge >= 0.3 is 11.9 Å². The Hall–Kier alpha value is -2.83. The van der Waals surface area contributed by atoms with Gasteiger partial charge in [-0.15, -0.1) is 0 Å². The maximum Gasteiger partial charge on any atom is 0.354 e. The summed E-state index contributed by atoms with van der Waals surface area (Å²) in [7, 11) is 0. The SMILES string of the molecule is CC1=NC(C)=C(C(=O)O)N(c2cccc(N)c2)C1C(=O)O. The van der Waals surface area contributed by atoms with E-state index in [0.717, 1.165) is 0 Å². The van der Waals surface area contributed by atoms with E-state index in [1.54, 1.807) is 25.1 Å². The van der Waals surface area contributed by atoms with E-state index in [4.69, 9.17) is 5.73 Å². The molecule has 2 rings (SSSR count). The number of allylic oxidation sites excluding steroid dienone is 1. The number of nitrogens with zero attached hydrogens (tertiary/aromatic N) is 2. The topological polar surface area (TPSA) is 116 Å². The molecule has 0 radical (unpaired) electrons. The first kappa shape index (κ1) is 14.6. The summed E-state index contributed by atoms with van der Waals surface area (Å²) in [6, 6.07) is 5.24. The summed E-state index contributed by atoms with van der Waals surface area (Å²) in [4.78, 5) is 28.3. The van der Waals surface area contributed by atoms with Gasteiger partial charge in [-0.3, -0.25) is 4.99 Å². The minimum atomic E-state index is -1.24. The van der Waals surface area contributed by atoms with Crippen LogP contribution in [-0.2, 0) is 9.59 Å². The van der Waals surface area contributed by atoms with Gasteiger partial charge in [0.15, 0.2) is 6.04 Å². The molecule has 0 saturated heterocycles. The molecule has 1 aromatic rings. The third-order valence-corrected chi connectivity index (χ3v) is 3.17. The number of hydrogen-bond acceptors (Lipinski definition) is 5. The van der Waals surface area contributed by atoms with E-state index in [-0.39, 0.29) is 11.4 Å². The molecule has 1 aliphatic rings. The van der Waals surface area contributed by atoms with Crippen molar-refractivity contribution in [3.05, 3.63) is 35.7 Å². The predicted molar refractivity (Wildman–Crippen MR) is 78.2 cm³/mol. The molecule has 1 atom stereocenters. The number of benzene rings is 1. The molecule has 7 heteroatoms. The molecule has 0 aliphatic carbocycles. The van der Waals surface area contributed by atoms with Crippen molar-refractivity contribution < 1.29 is 19.8 Å².